The van der Waals surface area contributed by atoms with Gasteiger partial charge in [0.1, 0.15) is 0 Å². The first-order chi connectivity index (χ1) is 9.60. The van der Waals surface area contributed by atoms with Gasteiger partial charge in [-0.1, -0.05) is 20.8 Å². The number of piperidine rings is 1. The lowest BCUT2D eigenvalue weighted by Crippen LogP contribution is -2.68. The van der Waals surface area contributed by atoms with Gasteiger partial charge in [0, 0.05) is 19.3 Å². The quantitative estimate of drug-likeness (QED) is 0.591. The number of esters is 1. The van der Waals surface area contributed by atoms with E-state index in [0.29, 0.717) is 6.42 Å². The molecule has 4 atom stereocenters. The monoisotopic (exact) mass is 300 g/mol. The second kappa shape index (κ2) is 6.34. The van der Waals surface area contributed by atoms with E-state index >= 15 is 0 Å². The second-order valence-corrected chi connectivity index (χ2v) is 6.61. The van der Waals surface area contributed by atoms with Crippen LogP contribution in [0.4, 0.5) is 0 Å². The first-order valence-electron chi connectivity index (χ1n) is 7.78. The van der Waals surface area contributed by atoms with Gasteiger partial charge < -0.3 is 14.4 Å². The molecular formula is C16H30NO4+. The third-order valence-corrected chi connectivity index (χ3v) is 5.15. The molecule has 5 nitrogen and oxygen atoms in total. The summed E-state index contributed by atoms with van der Waals surface area (Å²) in [7, 11) is 0. The molecule has 0 radical (unpaired) electrons. The highest BCUT2D eigenvalue weighted by molar-refractivity contribution is 5.67. The average Bonchev–Trinajstić information content (AvgIpc) is 2.40. The minimum atomic E-state index is -0.338. The number of nitrogens with zero attached hydrogens (tertiary/aromatic N) is 1. The van der Waals surface area contributed by atoms with Crippen LogP contribution in [-0.4, -0.2) is 39.0 Å². The molecule has 122 valence electrons. The molecule has 0 aliphatic carbocycles. The predicted molar refractivity (Wildman–Crippen MR) is 82.3 cm³/mol. The molecule has 1 saturated heterocycles. The lowest BCUT2D eigenvalue weighted by Gasteiger charge is -2.56. The van der Waals surface area contributed by atoms with Crippen LogP contribution in [0.5, 0.6) is 0 Å². The molecule has 1 heterocycles. The van der Waals surface area contributed by atoms with Crippen LogP contribution < -0.4 is 0 Å². The van der Waals surface area contributed by atoms with Gasteiger partial charge in [-0.3, -0.25) is 4.79 Å². The van der Waals surface area contributed by atoms with Crippen molar-refractivity contribution in [3.63, 3.8) is 0 Å². The Balaban J connectivity index is 3.23. The molecule has 1 aliphatic rings. The van der Waals surface area contributed by atoms with E-state index in [2.05, 4.69) is 34.6 Å². The lowest BCUT2D eigenvalue weighted by molar-refractivity contribution is -0.297. The standard InChI is InChI=1S/C16H29NO4/c1-8-15(6)10-14(20-12(4)18)11(3)16(7,9-2)17(15)21-13(5)19/h11,14H,8-10H2,1-7H3/p+1. The fourth-order valence-corrected chi connectivity index (χ4v) is 3.35. The largest absolute Gasteiger partial charge is 0.479 e. The second-order valence-electron chi connectivity index (χ2n) is 6.61. The van der Waals surface area contributed by atoms with Crippen molar-refractivity contribution >= 4 is 11.9 Å². The average molecular weight is 300 g/mol. The fraction of sp³-hybridized carbons (Fsp3) is 0.875. The van der Waals surface area contributed by atoms with E-state index in [1.807, 2.05) is 5.06 Å². The number of carbonyl (C=O) groups is 1. The Labute approximate surface area is 127 Å². The highest BCUT2D eigenvalue weighted by Crippen LogP contribution is 2.46. The minimum Gasteiger partial charge on any atom is -0.367 e. The van der Waals surface area contributed by atoms with Crippen molar-refractivity contribution in [2.75, 3.05) is 0 Å². The molecule has 1 fully saturated rings. The molecule has 0 aromatic rings. The Morgan fingerprint density at radius 2 is 1.86 bits per heavy atom. The van der Waals surface area contributed by atoms with Gasteiger partial charge in [-0.25, -0.2) is 0 Å². The van der Waals surface area contributed by atoms with Crippen molar-refractivity contribution in [1.82, 2.24) is 5.06 Å². The molecule has 0 aromatic heterocycles. The highest BCUT2D eigenvalue weighted by Gasteiger charge is 2.58. The van der Waals surface area contributed by atoms with Gasteiger partial charge in [0.15, 0.2) is 0 Å². The molecule has 4 unspecified atom stereocenters. The van der Waals surface area contributed by atoms with Gasteiger partial charge in [-0.2, -0.15) is 0 Å². The molecule has 0 aromatic carbocycles. The van der Waals surface area contributed by atoms with Crippen LogP contribution in [0.3, 0.4) is 0 Å². The molecule has 0 bridgehead atoms. The molecule has 1 rings (SSSR count). The summed E-state index contributed by atoms with van der Waals surface area (Å²) in [6, 6.07) is 0. The third-order valence-electron chi connectivity index (χ3n) is 5.15. The van der Waals surface area contributed by atoms with Crippen LogP contribution in [0.2, 0.25) is 0 Å². The SMILES string of the molecule is CCC1(C)CC(OC(C)=[OH+])C(C)C(C)(CC)N1OC(C)=O. The Bertz CT molecular complexity index is 411. The van der Waals surface area contributed by atoms with Crippen LogP contribution >= 0.6 is 0 Å². The van der Waals surface area contributed by atoms with E-state index in [0.717, 1.165) is 12.8 Å². The van der Waals surface area contributed by atoms with E-state index in [1.165, 1.54) is 6.92 Å². The molecule has 0 saturated carbocycles. The van der Waals surface area contributed by atoms with Crippen LogP contribution in [0.25, 0.3) is 0 Å². The predicted octanol–water partition coefficient (Wildman–Crippen LogP) is 3.05. The summed E-state index contributed by atoms with van der Waals surface area (Å²) in [5.41, 5.74) is -0.655. The van der Waals surface area contributed by atoms with E-state index in [1.54, 1.807) is 6.92 Å². The van der Waals surface area contributed by atoms with Crippen molar-refractivity contribution in [2.45, 2.75) is 84.9 Å². The zero-order valence-electron chi connectivity index (χ0n) is 14.4. The number of rotatable bonds is 4. The first kappa shape index (κ1) is 18.0. The fourth-order valence-electron chi connectivity index (χ4n) is 3.35. The normalized spacial score (nSPS) is 37.1. The molecule has 0 amide bonds. The molecule has 21 heavy (non-hydrogen) atoms. The maximum Gasteiger partial charge on any atom is 0.479 e. The summed E-state index contributed by atoms with van der Waals surface area (Å²) in [6.45, 7) is 13.4. The molecular weight excluding hydrogens is 270 g/mol. The summed E-state index contributed by atoms with van der Waals surface area (Å²) >= 11 is 0. The molecule has 5 heteroatoms. The maximum absolute atomic E-state index is 11.5. The summed E-state index contributed by atoms with van der Waals surface area (Å²) in [5, 5.41) is 1.87. The zero-order chi connectivity index (χ0) is 16.4. The summed E-state index contributed by atoms with van der Waals surface area (Å²) in [6.07, 6.45) is 2.25. The number of hydrogen-bond acceptors (Lipinski definition) is 4. The molecule has 1 aliphatic heterocycles. The lowest BCUT2D eigenvalue weighted by atomic mass is 9.69. The van der Waals surface area contributed by atoms with Crippen molar-refractivity contribution in [1.29, 1.82) is 0 Å². The Hall–Kier alpha value is -1.10. The van der Waals surface area contributed by atoms with Crippen LogP contribution in [0.1, 0.15) is 67.7 Å². The first-order valence-corrected chi connectivity index (χ1v) is 7.78. The maximum atomic E-state index is 11.5. The van der Waals surface area contributed by atoms with E-state index in [9.17, 15) is 9.59 Å². The highest BCUT2D eigenvalue weighted by atomic mass is 16.7. The Morgan fingerprint density at radius 1 is 1.29 bits per heavy atom. The molecule has 0 spiro atoms. The number of carbonyl (C=O) groups excluding carboxylic acids is 2. The van der Waals surface area contributed by atoms with Gasteiger partial charge >= 0.3 is 11.9 Å². The number of hydrogen-bond donors (Lipinski definition) is 0. The number of ether oxygens (including phenoxy) is 1. The van der Waals surface area contributed by atoms with E-state index in [4.69, 9.17) is 9.57 Å². The van der Waals surface area contributed by atoms with E-state index in [-0.39, 0.29) is 35.0 Å². The van der Waals surface area contributed by atoms with Crippen LogP contribution in [0.15, 0.2) is 0 Å². The van der Waals surface area contributed by atoms with E-state index < -0.39 is 0 Å². The summed E-state index contributed by atoms with van der Waals surface area (Å²) in [4.78, 5) is 26.7. The smallest absolute Gasteiger partial charge is 0.367 e. The summed E-state index contributed by atoms with van der Waals surface area (Å²) < 4.78 is 5.66. The van der Waals surface area contributed by atoms with Gasteiger partial charge in [0.2, 0.25) is 6.10 Å². The van der Waals surface area contributed by atoms with Gasteiger partial charge in [-0.05, 0) is 26.7 Å². The van der Waals surface area contributed by atoms with Crippen molar-refractivity contribution in [3.05, 3.63) is 0 Å². The Kier molecular flexibility index (Phi) is 5.42. The molecule has 1 N–H and O–H groups in total. The number of hydroxylamine groups is 2. The van der Waals surface area contributed by atoms with Gasteiger partial charge in [0.25, 0.3) is 0 Å². The minimum absolute atomic E-state index is 0.00954. The van der Waals surface area contributed by atoms with Gasteiger partial charge in [0.05, 0.1) is 18.0 Å². The Morgan fingerprint density at radius 3 is 2.24 bits per heavy atom. The van der Waals surface area contributed by atoms with Crippen molar-refractivity contribution in [2.24, 2.45) is 5.92 Å². The topological polar surface area (TPSA) is 60.2 Å². The van der Waals surface area contributed by atoms with Gasteiger partial charge in [-0.15, -0.1) is 5.06 Å². The van der Waals surface area contributed by atoms with Crippen molar-refractivity contribution in [3.8, 4) is 0 Å². The van der Waals surface area contributed by atoms with Crippen LogP contribution in [-0.2, 0) is 14.4 Å². The van der Waals surface area contributed by atoms with Crippen LogP contribution in [0, 0.1) is 5.92 Å². The summed E-state index contributed by atoms with van der Waals surface area (Å²) in [5.74, 6) is -0.195. The zero-order valence-corrected chi connectivity index (χ0v) is 14.4. The third kappa shape index (κ3) is 3.39. The van der Waals surface area contributed by atoms with Crippen molar-refractivity contribution < 1.29 is 19.2 Å².